The van der Waals surface area contributed by atoms with E-state index < -0.39 is 0 Å². The summed E-state index contributed by atoms with van der Waals surface area (Å²) in [6, 6.07) is 0. The standard InChI is InChI=1S/C9H14O/c1-7(2)9-5-3-4-8(9)6-10/h4-5,7,10H,3,6H2,1-2H3. The van der Waals surface area contributed by atoms with E-state index in [4.69, 9.17) is 5.11 Å². The van der Waals surface area contributed by atoms with Crippen LogP contribution in [0.15, 0.2) is 23.3 Å². The highest BCUT2D eigenvalue weighted by molar-refractivity contribution is 5.38. The minimum Gasteiger partial charge on any atom is -0.392 e. The summed E-state index contributed by atoms with van der Waals surface area (Å²) < 4.78 is 0. The lowest BCUT2D eigenvalue weighted by Crippen LogP contribution is -1.98. The molecule has 0 aromatic carbocycles. The zero-order valence-corrected chi connectivity index (χ0v) is 6.59. The van der Waals surface area contributed by atoms with Crippen LogP contribution < -0.4 is 0 Å². The van der Waals surface area contributed by atoms with Gasteiger partial charge in [0, 0.05) is 0 Å². The van der Waals surface area contributed by atoms with Crippen molar-refractivity contribution in [1.29, 1.82) is 0 Å². The van der Waals surface area contributed by atoms with Gasteiger partial charge < -0.3 is 5.11 Å². The van der Waals surface area contributed by atoms with E-state index in [9.17, 15) is 0 Å². The van der Waals surface area contributed by atoms with Gasteiger partial charge in [-0.2, -0.15) is 0 Å². The number of hydrogen-bond acceptors (Lipinski definition) is 1. The number of allylic oxidation sites excluding steroid dienone is 2. The van der Waals surface area contributed by atoms with E-state index >= 15 is 0 Å². The van der Waals surface area contributed by atoms with Gasteiger partial charge in [-0.25, -0.2) is 0 Å². The molecule has 0 saturated carbocycles. The molecule has 10 heavy (non-hydrogen) atoms. The maximum atomic E-state index is 8.88. The van der Waals surface area contributed by atoms with Gasteiger partial charge >= 0.3 is 0 Å². The largest absolute Gasteiger partial charge is 0.392 e. The van der Waals surface area contributed by atoms with Crippen molar-refractivity contribution in [2.75, 3.05) is 6.61 Å². The predicted octanol–water partition coefficient (Wildman–Crippen LogP) is 1.89. The second-order valence-corrected chi connectivity index (χ2v) is 2.94. The van der Waals surface area contributed by atoms with Crippen molar-refractivity contribution in [3.05, 3.63) is 23.3 Å². The fraction of sp³-hybridized carbons (Fsp3) is 0.556. The van der Waals surface area contributed by atoms with Gasteiger partial charge in [0.25, 0.3) is 0 Å². The minimum absolute atomic E-state index is 0.198. The Balaban J connectivity index is 2.69. The average Bonchev–Trinajstić information content (AvgIpc) is 2.33. The zero-order chi connectivity index (χ0) is 7.56. The summed E-state index contributed by atoms with van der Waals surface area (Å²) in [5, 5.41) is 8.88. The van der Waals surface area contributed by atoms with Gasteiger partial charge in [0.15, 0.2) is 0 Å². The van der Waals surface area contributed by atoms with Crippen molar-refractivity contribution >= 4 is 0 Å². The smallest absolute Gasteiger partial charge is 0.0681 e. The minimum atomic E-state index is 0.198. The Bertz CT molecular complexity index is 175. The van der Waals surface area contributed by atoms with E-state index in [1.165, 1.54) is 5.57 Å². The lowest BCUT2D eigenvalue weighted by atomic mass is 9.99. The van der Waals surface area contributed by atoms with Gasteiger partial charge in [-0.3, -0.25) is 0 Å². The Morgan fingerprint density at radius 3 is 2.60 bits per heavy atom. The molecule has 0 bridgehead atoms. The van der Waals surface area contributed by atoms with Crippen molar-refractivity contribution in [2.24, 2.45) is 5.92 Å². The van der Waals surface area contributed by atoms with Gasteiger partial charge in [0.05, 0.1) is 6.61 Å². The fourth-order valence-corrected chi connectivity index (χ4v) is 1.34. The molecule has 0 amide bonds. The van der Waals surface area contributed by atoms with Crippen LogP contribution in [-0.2, 0) is 0 Å². The van der Waals surface area contributed by atoms with E-state index in [1.54, 1.807) is 0 Å². The van der Waals surface area contributed by atoms with Crippen molar-refractivity contribution < 1.29 is 5.11 Å². The summed E-state index contributed by atoms with van der Waals surface area (Å²) in [4.78, 5) is 0. The molecule has 0 aliphatic heterocycles. The maximum Gasteiger partial charge on any atom is 0.0681 e. The molecule has 1 aliphatic rings. The third-order valence-corrected chi connectivity index (χ3v) is 1.87. The molecule has 0 fully saturated rings. The molecule has 0 heterocycles. The molecule has 1 N–H and O–H groups in total. The summed E-state index contributed by atoms with van der Waals surface area (Å²) in [6.45, 7) is 4.51. The summed E-state index contributed by atoms with van der Waals surface area (Å²) >= 11 is 0. The van der Waals surface area contributed by atoms with Crippen LogP contribution in [-0.4, -0.2) is 11.7 Å². The normalized spacial score (nSPS) is 17.6. The highest BCUT2D eigenvalue weighted by Gasteiger charge is 2.11. The van der Waals surface area contributed by atoms with Crippen molar-refractivity contribution in [3.8, 4) is 0 Å². The van der Waals surface area contributed by atoms with E-state index in [0.717, 1.165) is 12.0 Å². The lowest BCUT2D eigenvalue weighted by molar-refractivity contribution is 0.332. The number of hydrogen-bond donors (Lipinski definition) is 1. The molecule has 1 heteroatoms. The molecular weight excluding hydrogens is 124 g/mol. The van der Waals surface area contributed by atoms with Crippen LogP contribution in [0.5, 0.6) is 0 Å². The Labute approximate surface area is 62.1 Å². The van der Waals surface area contributed by atoms with Gasteiger partial charge in [-0.15, -0.1) is 0 Å². The highest BCUT2D eigenvalue weighted by atomic mass is 16.3. The van der Waals surface area contributed by atoms with Crippen LogP contribution >= 0.6 is 0 Å². The first-order chi connectivity index (χ1) is 4.75. The van der Waals surface area contributed by atoms with Crippen LogP contribution in [0, 0.1) is 5.92 Å². The second kappa shape index (κ2) is 3.02. The van der Waals surface area contributed by atoms with Crippen molar-refractivity contribution in [2.45, 2.75) is 20.3 Å². The van der Waals surface area contributed by atoms with Gasteiger partial charge in [-0.05, 0) is 23.5 Å². The molecule has 0 aromatic heterocycles. The van der Waals surface area contributed by atoms with E-state index in [1.807, 2.05) is 0 Å². The average molecular weight is 138 g/mol. The first-order valence-electron chi connectivity index (χ1n) is 3.76. The fourth-order valence-electron chi connectivity index (χ4n) is 1.34. The van der Waals surface area contributed by atoms with Crippen LogP contribution in [0.2, 0.25) is 0 Å². The molecule has 56 valence electrons. The molecule has 1 rings (SSSR count). The Morgan fingerprint density at radius 2 is 2.20 bits per heavy atom. The van der Waals surface area contributed by atoms with Gasteiger partial charge in [0.2, 0.25) is 0 Å². The maximum absolute atomic E-state index is 8.88. The Morgan fingerprint density at radius 1 is 1.50 bits per heavy atom. The summed E-state index contributed by atoms with van der Waals surface area (Å²) in [5.74, 6) is 0.556. The molecule has 0 unspecified atom stereocenters. The molecule has 0 spiro atoms. The summed E-state index contributed by atoms with van der Waals surface area (Å²) in [6.07, 6.45) is 5.29. The van der Waals surface area contributed by atoms with Crippen LogP contribution in [0.25, 0.3) is 0 Å². The highest BCUT2D eigenvalue weighted by Crippen LogP contribution is 2.25. The Hall–Kier alpha value is -0.560. The number of rotatable bonds is 2. The SMILES string of the molecule is CC(C)C1=CCC=C1CO. The van der Waals surface area contributed by atoms with E-state index in [-0.39, 0.29) is 6.61 Å². The van der Waals surface area contributed by atoms with E-state index in [0.29, 0.717) is 5.92 Å². The molecule has 1 aliphatic carbocycles. The van der Waals surface area contributed by atoms with Crippen LogP contribution in [0.4, 0.5) is 0 Å². The van der Waals surface area contributed by atoms with Crippen molar-refractivity contribution in [1.82, 2.24) is 0 Å². The molecule has 0 aromatic rings. The third-order valence-electron chi connectivity index (χ3n) is 1.87. The first kappa shape index (κ1) is 7.55. The molecular formula is C9H14O. The summed E-state index contributed by atoms with van der Waals surface area (Å²) in [7, 11) is 0. The first-order valence-corrected chi connectivity index (χ1v) is 3.76. The van der Waals surface area contributed by atoms with E-state index in [2.05, 4.69) is 26.0 Å². The third kappa shape index (κ3) is 1.29. The molecule has 0 radical (unpaired) electrons. The predicted molar refractivity (Wildman–Crippen MR) is 42.7 cm³/mol. The Kier molecular flexibility index (Phi) is 2.28. The monoisotopic (exact) mass is 138 g/mol. The van der Waals surface area contributed by atoms with Crippen LogP contribution in [0.1, 0.15) is 20.3 Å². The summed E-state index contributed by atoms with van der Waals surface area (Å²) in [5.41, 5.74) is 2.44. The van der Waals surface area contributed by atoms with Crippen LogP contribution in [0.3, 0.4) is 0 Å². The topological polar surface area (TPSA) is 20.2 Å². The lowest BCUT2D eigenvalue weighted by Gasteiger charge is -2.08. The molecule has 0 atom stereocenters. The van der Waals surface area contributed by atoms with Gasteiger partial charge in [0.1, 0.15) is 0 Å². The molecule has 1 nitrogen and oxygen atoms in total. The van der Waals surface area contributed by atoms with Gasteiger partial charge in [-0.1, -0.05) is 26.0 Å². The molecule has 0 saturated heterocycles. The quantitative estimate of drug-likeness (QED) is 0.617. The second-order valence-electron chi connectivity index (χ2n) is 2.94. The number of aliphatic hydroxyl groups is 1. The number of aliphatic hydroxyl groups excluding tert-OH is 1. The van der Waals surface area contributed by atoms with Crippen molar-refractivity contribution in [3.63, 3.8) is 0 Å². The zero-order valence-electron chi connectivity index (χ0n) is 6.59.